The molecule has 7 heteroatoms. The molecule has 21 heavy (non-hydrogen) atoms. The second-order valence-corrected chi connectivity index (χ2v) is 7.58. The molecule has 2 rings (SSSR count). The van der Waals surface area contributed by atoms with Gasteiger partial charge in [0.1, 0.15) is 10.6 Å². The van der Waals surface area contributed by atoms with E-state index in [2.05, 4.69) is 0 Å². The van der Waals surface area contributed by atoms with Gasteiger partial charge in [0, 0.05) is 23.8 Å². The molecular formula is C14H18ClNO4S. The number of carbonyl (C=O) groups is 1. The SMILES string of the molecule is COc1ccc(CC(=O)N2CCCCC2)cc1S(=O)(=O)Cl. The Balaban J connectivity index is 2.19. The molecule has 1 saturated heterocycles. The molecule has 1 aliphatic heterocycles. The maximum Gasteiger partial charge on any atom is 0.264 e. The molecule has 1 fully saturated rings. The fourth-order valence-electron chi connectivity index (χ4n) is 2.45. The molecule has 1 aromatic rings. The average Bonchev–Trinajstić information content (AvgIpc) is 2.47. The van der Waals surface area contributed by atoms with Crippen LogP contribution in [0.2, 0.25) is 0 Å². The highest BCUT2D eigenvalue weighted by Crippen LogP contribution is 2.28. The molecule has 1 heterocycles. The van der Waals surface area contributed by atoms with Crippen molar-refractivity contribution in [1.82, 2.24) is 4.90 Å². The third-order valence-electron chi connectivity index (χ3n) is 3.55. The molecule has 0 saturated carbocycles. The van der Waals surface area contributed by atoms with Gasteiger partial charge < -0.3 is 9.64 Å². The number of amides is 1. The molecule has 0 radical (unpaired) electrons. The Morgan fingerprint density at radius 2 is 1.95 bits per heavy atom. The second kappa shape index (κ2) is 6.66. The van der Waals surface area contributed by atoms with E-state index in [0.717, 1.165) is 32.4 Å². The number of piperidine rings is 1. The monoisotopic (exact) mass is 331 g/mol. The van der Waals surface area contributed by atoms with Crippen LogP contribution in [0.3, 0.4) is 0 Å². The number of ether oxygens (including phenoxy) is 1. The molecule has 0 N–H and O–H groups in total. The van der Waals surface area contributed by atoms with Crippen LogP contribution in [0.1, 0.15) is 24.8 Å². The smallest absolute Gasteiger partial charge is 0.264 e. The van der Waals surface area contributed by atoms with Gasteiger partial charge in [-0.15, -0.1) is 0 Å². The maximum absolute atomic E-state index is 12.2. The van der Waals surface area contributed by atoms with E-state index in [1.807, 2.05) is 4.90 Å². The quantitative estimate of drug-likeness (QED) is 0.793. The molecular weight excluding hydrogens is 314 g/mol. The second-order valence-electron chi connectivity index (χ2n) is 5.04. The highest BCUT2D eigenvalue weighted by atomic mass is 35.7. The number of rotatable bonds is 4. The van der Waals surface area contributed by atoms with Crippen molar-refractivity contribution in [2.45, 2.75) is 30.6 Å². The summed E-state index contributed by atoms with van der Waals surface area (Å²) in [6, 6.07) is 4.61. The van der Waals surface area contributed by atoms with Crippen LogP contribution in [0.25, 0.3) is 0 Å². The summed E-state index contributed by atoms with van der Waals surface area (Å²) in [6.07, 6.45) is 3.37. The number of hydrogen-bond donors (Lipinski definition) is 0. The van der Waals surface area contributed by atoms with Gasteiger partial charge in [-0.25, -0.2) is 8.42 Å². The highest BCUT2D eigenvalue weighted by molar-refractivity contribution is 8.13. The van der Waals surface area contributed by atoms with Crippen molar-refractivity contribution in [2.24, 2.45) is 0 Å². The van der Waals surface area contributed by atoms with Crippen LogP contribution in [0.15, 0.2) is 23.1 Å². The molecule has 0 spiro atoms. The molecule has 1 aromatic carbocycles. The molecule has 0 unspecified atom stereocenters. The van der Waals surface area contributed by atoms with E-state index in [9.17, 15) is 13.2 Å². The van der Waals surface area contributed by atoms with E-state index in [-0.39, 0.29) is 23.0 Å². The van der Waals surface area contributed by atoms with Gasteiger partial charge in [-0.2, -0.15) is 0 Å². The van der Waals surface area contributed by atoms with E-state index < -0.39 is 9.05 Å². The third-order valence-corrected chi connectivity index (χ3v) is 4.90. The summed E-state index contributed by atoms with van der Waals surface area (Å²) in [5.41, 5.74) is 0.616. The molecule has 0 aliphatic carbocycles. The number of benzene rings is 1. The summed E-state index contributed by atoms with van der Waals surface area (Å²) in [7, 11) is 2.86. The first-order chi connectivity index (χ1) is 9.91. The van der Waals surface area contributed by atoms with Gasteiger partial charge in [0.25, 0.3) is 9.05 Å². The molecule has 0 atom stereocenters. The Kier molecular flexibility index (Phi) is 5.11. The summed E-state index contributed by atoms with van der Waals surface area (Å²) in [5, 5.41) is 0. The molecule has 1 amide bonds. The zero-order chi connectivity index (χ0) is 15.5. The lowest BCUT2D eigenvalue weighted by atomic mass is 10.1. The third kappa shape index (κ3) is 4.11. The number of nitrogens with zero attached hydrogens (tertiary/aromatic N) is 1. The fourth-order valence-corrected chi connectivity index (χ4v) is 3.50. The van der Waals surface area contributed by atoms with Gasteiger partial charge in [-0.05, 0) is 37.0 Å². The minimum atomic E-state index is -3.91. The normalized spacial score (nSPS) is 15.8. The topological polar surface area (TPSA) is 63.7 Å². The molecule has 0 bridgehead atoms. The van der Waals surface area contributed by atoms with Crippen molar-refractivity contribution in [3.63, 3.8) is 0 Å². The summed E-state index contributed by atoms with van der Waals surface area (Å²) in [6.45, 7) is 1.55. The molecule has 5 nitrogen and oxygen atoms in total. The zero-order valence-electron chi connectivity index (χ0n) is 11.8. The van der Waals surface area contributed by atoms with Gasteiger partial charge in [0.05, 0.1) is 13.5 Å². The van der Waals surface area contributed by atoms with E-state index in [0.29, 0.717) is 5.56 Å². The minimum absolute atomic E-state index is 0.0118. The standard InChI is InChI=1S/C14H18ClNO4S/c1-20-12-6-5-11(9-13(12)21(15,18)19)10-14(17)16-7-3-2-4-8-16/h5-6,9H,2-4,7-8,10H2,1H3. The fraction of sp³-hybridized carbons (Fsp3) is 0.500. The van der Waals surface area contributed by atoms with Crippen molar-refractivity contribution in [3.05, 3.63) is 23.8 Å². The molecule has 1 aliphatic rings. The Bertz CT molecular complexity index is 624. The van der Waals surface area contributed by atoms with Gasteiger partial charge >= 0.3 is 0 Å². The minimum Gasteiger partial charge on any atom is -0.495 e. The number of hydrogen-bond acceptors (Lipinski definition) is 4. The summed E-state index contributed by atoms with van der Waals surface area (Å²) < 4.78 is 28.1. The number of likely N-dealkylation sites (tertiary alicyclic amines) is 1. The van der Waals surface area contributed by atoms with E-state index >= 15 is 0 Å². The van der Waals surface area contributed by atoms with Gasteiger partial charge in [-0.3, -0.25) is 4.79 Å². The summed E-state index contributed by atoms with van der Waals surface area (Å²) in [5.74, 6) is 0.192. The number of carbonyl (C=O) groups excluding carboxylic acids is 1. The molecule has 116 valence electrons. The van der Waals surface area contributed by atoms with Gasteiger partial charge in [0.15, 0.2) is 0 Å². The Morgan fingerprint density at radius 1 is 1.29 bits per heavy atom. The van der Waals surface area contributed by atoms with Crippen molar-refractivity contribution < 1.29 is 17.9 Å². The zero-order valence-corrected chi connectivity index (χ0v) is 13.4. The van der Waals surface area contributed by atoms with Gasteiger partial charge in [0.2, 0.25) is 5.91 Å². The Labute approximate surface area is 129 Å². The Hall–Kier alpha value is -1.27. The van der Waals surface area contributed by atoms with Crippen molar-refractivity contribution in [3.8, 4) is 5.75 Å². The lowest BCUT2D eigenvalue weighted by molar-refractivity contribution is -0.131. The van der Waals surface area contributed by atoms with Gasteiger partial charge in [-0.1, -0.05) is 6.07 Å². The predicted molar refractivity (Wildman–Crippen MR) is 80.2 cm³/mol. The van der Waals surface area contributed by atoms with Crippen molar-refractivity contribution in [1.29, 1.82) is 0 Å². The average molecular weight is 332 g/mol. The first-order valence-electron chi connectivity index (χ1n) is 6.81. The lowest BCUT2D eigenvalue weighted by Gasteiger charge is -2.26. The highest BCUT2D eigenvalue weighted by Gasteiger charge is 2.20. The van der Waals surface area contributed by atoms with E-state index in [1.165, 1.54) is 19.2 Å². The first kappa shape index (κ1) is 16.1. The summed E-state index contributed by atoms with van der Waals surface area (Å²) in [4.78, 5) is 13.9. The Morgan fingerprint density at radius 3 is 2.52 bits per heavy atom. The van der Waals surface area contributed by atoms with Crippen LogP contribution < -0.4 is 4.74 Å². The van der Waals surface area contributed by atoms with Crippen LogP contribution in [-0.4, -0.2) is 39.4 Å². The maximum atomic E-state index is 12.2. The van der Waals surface area contributed by atoms with Crippen molar-refractivity contribution in [2.75, 3.05) is 20.2 Å². The number of halogens is 1. The largest absolute Gasteiger partial charge is 0.495 e. The molecule has 0 aromatic heterocycles. The lowest BCUT2D eigenvalue weighted by Crippen LogP contribution is -2.36. The summed E-state index contributed by atoms with van der Waals surface area (Å²) >= 11 is 0. The van der Waals surface area contributed by atoms with Crippen molar-refractivity contribution >= 4 is 25.6 Å². The van der Waals surface area contributed by atoms with E-state index in [4.69, 9.17) is 15.4 Å². The van der Waals surface area contributed by atoms with E-state index in [1.54, 1.807) is 6.07 Å². The van der Waals surface area contributed by atoms with Crippen LogP contribution >= 0.6 is 10.7 Å². The first-order valence-corrected chi connectivity index (χ1v) is 9.12. The van der Waals surface area contributed by atoms with Crippen LogP contribution in [0, 0.1) is 0 Å². The van der Waals surface area contributed by atoms with Crippen LogP contribution in [-0.2, 0) is 20.3 Å². The van der Waals surface area contributed by atoms with Crippen LogP contribution in [0.4, 0.5) is 0 Å². The van der Waals surface area contributed by atoms with Crippen LogP contribution in [0.5, 0.6) is 5.75 Å². The number of methoxy groups -OCH3 is 1. The predicted octanol–water partition coefficient (Wildman–Crippen LogP) is 2.18.